The second-order valence-electron chi connectivity index (χ2n) is 5.60. The van der Waals surface area contributed by atoms with Gasteiger partial charge in [-0.15, -0.1) is 0 Å². The van der Waals surface area contributed by atoms with E-state index in [1.807, 2.05) is 0 Å². The molecule has 1 aliphatic heterocycles. The van der Waals surface area contributed by atoms with Crippen LogP contribution >= 0.6 is 0 Å². The van der Waals surface area contributed by atoms with Gasteiger partial charge in [0, 0.05) is 19.6 Å². The molecule has 1 aliphatic rings. The molecule has 1 heterocycles. The molecule has 0 unspecified atom stereocenters. The first-order chi connectivity index (χ1) is 10.2. The van der Waals surface area contributed by atoms with E-state index >= 15 is 0 Å². The van der Waals surface area contributed by atoms with Crippen LogP contribution in [0.25, 0.3) is 0 Å². The van der Waals surface area contributed by atoms with E-state index in [2.05, 4.69) is 54.2 Å². The summed E-state index contributed by atoms with van der Waals surface area (Å²) in [5, 5.41) is 3.36. The molecular formula is C17H27N3O. The first-order valence-corrected chi connectivity index (χ1v) is 7.93. The molecule has 2 rings (SSSR count). The van der Waals surface area contributed by atoms with Gasteiger partial charge in [0.15, 0.2) is 5.96 Å². The number of nitrogens with zero attached hydrogens (tertiary/aromatic N) is 2. The zero-order chi connectivity index (χ0) is 15.1. The number of rotatable bonds is 5. The van der Waals surface area contributed by atoms with Crippen LogP contribution in [-0.4, -0.2) is 43.6 Å². The summed E-state index contributed by atoms with van der Waals surface area (Å²) >= 11 is 0. The molecule has 0 atom stereocenters. The van der Waals surface area contributed by atoms with E-state index in [0.29, 0.717) is 13.2 Å². The minimum Gasteiger partial charge on any atom is -0.492 e. The summed E-state index contributed by atoms with van der Waals surface area (Å²) in [6.07, 6.45) is 2.53. The van der Waals surface area contributed by atoms with Crippen molar-refractivity contribution in [3.63, 3.8) is 0 Å². The zero-order valence-electron chi connectivity index (χ0n) is 13.5. The number of ether oxygens (including phenoxy) is 1. The minimum absolute atomic E-state index is 0.617. The van der Waals surface area contributed by atoms with Crippen LogP contribution in [0.4, 0.5) is 0 Å². The molecule has 4 nitrogen and oxygen atoms in total. The van der Waals surface area contributed by atoms with E-state index in [4.69, 9.17) is 4.74 Å². The molecule has 1 aromatic carbocycles. The van der Waals surface area contributed by atoms with Gasteiger partial charge < -0.3 is 15.0 Å². The van der Waals surface area contributed by atoms with Crippen LogP contribution in [0, 0.1) is 13.8 Å². The molecule has 1 fully saturated rings. The van der Waals surface area contributed by atoms with Crippen molar-refractivity contribution in [1.82, 2.24) is 10.2 Å². The molecule has 0 spiro atoms. The highest BCUT2D eigenvalue weighted by atomic mass is 16.5. The van der Waals surface area contributed by atoms with E-state index in [0.717, 1.165) is 31.3 Å². The Morgan fingerprint density at radius 1 is 1.19 bits per heavy atom. The average Bonchev–Trinajstić information content (AvgIpc) is 2.95. The second-order valence-corrected chi connectivity index (χ2v) is 5.60. The molecule has 0 radical (unpaired) electrons. The van der Waals surface area contributed by atoms with Crippen LogP contribution in [0.1, 0.15) is 30.9 Å². The Kier molecular flexibility index (Phi) is 5.90. The largest absolute Gasteiger partial charge is 0.492 e. The third-order valence-electron chi connectivity index (χ3n) is 3.56. The Balaban J connectivity index is 1.84. The standard InChI is InChI=1S/C17H27N3O/c1-4-18-17(20-8-5-6-9-20)19-7-10-21-16-12-14(2)11-15(3)13-16/h11-13H,4-10H2,1-3H3,(H,18,19). The Morgan fingerprint density at radius 2 is 1.86 bits per heavy atom. The van der Waals surface area contributed by atoms with Gasteiger partial charge in [0.2, 0.25) is 0 Å². The van der Waals surface area contributed by atoms with E-state index < -0.39 is 0 Å². The highest BCUT2D eigenvalue weighted by molar-refractivity contribution is 5.80. The normalized spacial score (nSPS) is 15.4. The molecule has 4 heteroatoms. The maximum Gasteiger partial charge on any atom is 0.194 e. The van der Waals surface area contributed by atoms with Gasteiger partial charge in [-0.1, -0.05) is 6.07 Å². The Bertz CT molecular complexity index is 459. The van der Waals surface area contributed by atoms with Crippen LogP contribution in [-0.2, 0) is 0 Å². The number of nitrogens with one attached hydrogen (secondary N) is 1. The third kappa shape index (κ3) is 4.96. The highest BCUT2D eigenvalue weighted by Crippen LogP contribution is 2.16. The third-order valence-corrected chi connectivity index (χ3v) is 3.56. The first kappa shape index (κ1) is 15.7. The highest BCUT2D eigenvalue weighted by Gasteiger charge is 2.15. The van der Waals surface area contributed by atoms with Crippen LogP contribution in [0.5, 0.6) is 5.75 Å². The van der Waals surface area contributed by atoms with Gasteiger partial charge in [-0.05, 0) is 56.9 Å². The molecule has 1 aromatic rings. The molecule has 116 valence electrons. The van der Waals surface area contributed by atoms with Crippen LogP contribution in [0.2, 0.25) is 0 Å². The van der Waals surface area contributed by atoms with Gasteiger partial charge in [-0.25, -0.2) is 4.99 Å². The Morgan fingerprint density at radius 3 is 2.48 bits per heavy atom. The van der Waals surface area contributed by atoms with Crippen LogP contribution in [0.15, 0.2) is 23.2 Å². The molecule has 0 aliphatic carbocycles. The SMILES string of the molecule is CCNC(=NCCOc1cc(C)cc(C)c1)N1CCCC1. The van der Waals surface area contributed by atoms with Crippen molar-refractivity contribution in [1.29, 1.82) is 0 Å². The van der Waals surface area contributed by atoms with E-state index in [-0.39, 0.29) is 0 Å². The fourth-order valence-corrected chi connectivity index (χ4v) is 2.69. The van der Waals surface area contributed by atoms with E-state index in [9.17, 15) is 0 Å². The van der Waals surface area contributed by atoms with Crippen LogP contribution in [0.3, 0.4) is 0 Å². The molecule has 1 saturated heterocycles. The number of aliphatic imine (C=N–C) groups is 1. The summed E-state index contributed by atoms with van der Waals surface area (Å²) in [4.78, 5) is 7.00. The lowest BCUT2D eigenvalue weighted by Crippen LogP contribution is -2.39. The van der Waals surface area contributed by atoms with Crippen LogP contribution < -0.4 is 10.1 Å². The summed E-state index contributed by atoms with van der Waals surface area (Å²) < 4.78 is 5.81. The summed E-state index contributed by atoms with van der Waals surface area (Å²) in [6, 6.07) is 6.30. The number of likely N-dealkylation sites (tertiary alicyclic amines) is 1. The minimum atomic E-state index is 0.617. The second kappa shape index (κ2) is 7.91. The summed E-state index contributed by atoms with van der Waals surface area (Å²) in [6.45, 7) is 10.7. The van der Waals surface area contributed by atoms with Gasteiger partial charge >= 0.3 is 0 Å². The van der Waals surface area contributed by atoms with E-state index in [1.54, 1.807) is 0 Å². The predicted molar refractivity (Wildman–Crippen MR) is 88.2 cm³/mol. The number of hydrogen-bond acceptors (Lipinski definition) is 2. The molecule has 21 heavy (non-hydrogen) atoms. The summed E-state index contributed by atoms with van der Waals surface area (Å²) in [7, 11) is 0. The fraction of sp³-hybridized carbons (Fsp3) is 0.588. The number of aryl methyl sites for hydroxylation is 2. The molecular weight excluding hydrogens is 262 g/mol. The summed E-state index contributed by atoms with van der Waals surface area (Å²) in [5.74, 6) is 1.97. The quantitative estimate of drug-likeness (QED) is 0.514. The fourth-order valence-electron chi connectivity index (χ4n) is 2.69. The lowest BCUT2D eigenvalue weighted by Gasteiger charge is -2.20. The number of benzene rings is 1. The maximum atomic E-state index is 5.81. The number of hydrogen-bond donors (Lipinski definition) is 1. The summed E-state index contributed by atoms with van der Waals surface area (Å²) in [5.41, 5.74) is 2.47. The predicted octanol–water partition coefficient (Wildman–Crippen LogP) is 2.74. The molecule has 0 bridgehead atoms. The average molecular weight is 289 g/mol. The van der Waals surface area contributed by atoms with Gasteiger partial charge in [0.1, 0.15) is 12.4 Å². The van der Waals surface area contributed by atoms with Crippen molar-refractivity contribution < 1.29 is 4.74 Å². The lowest BCUT2D eigenvalue weighted by molar-refractivity contribution is 0.327. The lowest BCUT2D eigenvalue weighted by atomic mass is 10.1. The zero-order valence-corrected chi connectivity index (χ0v) is 13.5. The van der Waals surface area contributed by atoms with Crippen molar-refractivity contribution in [2.24, 2.45) is 4.99 Å². The smallest absolute Gasteiger partial charge is 0.194 e. The molecule has 0 aromatic heterocycles. The molecule has 0 saturated carbocycles. The Labute approximate surface area is 128 Å². The topological polar surface area (TPSA) is 36.9 Å². The molecule has 1 N–H and O–H groups in total. The van der Waals surface area contributed by atoms with Crippen molar-refractivity contribution in [2.45, 2.75) is 33.6 Å². The van der Waals surface area contributed by atoms with Crippen molar-refractivity contribution >= 4 is 5.96 Å². The van der Waals surface area contributed by atoms with Gasteiger partial charge in [-0.2, -0.15) is 0 Å². The van der Waals surface area contributed by atoms with Crippen molar-refractivity contribution in [3.05, 3.63) is 29.3 Å². The maximum absolute atomic E-state index is 5.81. The van der Waals surface area contributed by atoms with Gasteiger partial charge in [-0.3, -0.25) is 0 Å². The monoisotopic (exact) mass is 289 g/mol. The molecule has 0 amide bonds. The van der Waals surface area contributed by atoms with E-state index in [1.165, 1.54) is 24.0 Å². The first-order valence-electron chi connectivity index (χ1n) is 7.93. The van der Waals surface area contributed by atoms with Crippen molar-refractivity contribution in [2.75, 3.05) is 32.8 Å². The Hall–Kier alpha value is -1.71. The van der Waals surface area contributed by atoms with Crippen molar-refractivity contribution in [3.8, 4) is 5.75 Å². The number of guanidine groups is 1. The van der Waals surface area contributed by atoms with Gasteiger partial charge in [0.05, 0.1) is 6.54 Å². The van der Waals surface area contributed by atoms with Gasteiger partial charge in [0.25, 0.3) is 0 Å².